The van der Waals surface area contributed by atoms with E-state index in [4.69, 9.17) is 0 Å². The molecule has 10 aromatic rings. The van der Waals surface area contributed by atoms with E-state index in [-0.39, 0.29) is 0 Å². The number of fused-ring (bicyclic) bond motifs is 3. The van der Waals surface area contributed by atoms with Crippen molar-refractivity contribution in [2.75, 3.05) is 4.90 Å². The Balaban J connectivity index is 1.36. The first-order valence-corrected chi connectivity index (χ1v) is 19.6. The summed E-state index contributed by atoms with van der Waals surface area (Å²) in [4.78, 5) is 2.51. The third kappa shape index (κ3) is 6.26. The second-order valence-electron chi connectivity index (χ2n) is 14.4. The van der Waals surface area contributed by atoms with E-state index in [1.54, 1.807) is 0 Å². The molecule has 1 heteroatoms. The van der Waals surface area contributed by atoms with E-state index in [0.717, 1.165) is 44.9 Å². The van der Waals surface area contributed by atoms with Gasteiger partial charge in [-0.1, -0.05) is 218 Å². The zero-order valence-corrected chi connectivity index (χ0v) is 31.5. The summed E-state index contributed by atoms with van der Waals surface area (Å²) < 4.78 is 0. The predicted molar refractivity (Wildman–Crippen MR) is 243 cm³/mol. The monoisotopic (exact) mass is 725 g/mol. The van der Waals surface area contributed by atoms with Gasteiger partial charge < -0.3 is 4.90 Å². The molecule has 0 aliphatic carbocycles. The number of hydrogen-bond acceptors (Lipinski definition) is 1. The van der Waals surface area contributed by atoms with E-state index in [1.165, 1.54) is 49.4 Å². The van der Waals surface area contributed by atoms with E-state index in [2.05, 4.69) is 241 Å². The molecule has 0 aliphatic rings. The molecule has 0 N–H and O–H groups in total. The van der Waals surface area contributed by atoms with Gasteiger partial charge in [0.25, 0.3) is 0 Å². The van der Waals surface area contributed by atoms with Gasteiger partial charge in [-0.05, 0) is 78.7 Å². The van der Waals surface area contributed by atoms with Crippen LogP contribution in [-0.2, 0) is 0 Å². The Morgan fingerprint density at radius 1 is 0.246 bits per heavy atom. The summed E-state index contributed by atoms with van der Waals surface area (Å²) in [7, 11) is 0. The van der Waals surface area contributed by atoms with Gasteiger partial charge >= 0.3 is 0 Å². The van der Waals surface area contributed by atoms with Crippen molar-refractivity contribution in [2.45, 2.75) is 0 Å². The third-order valence-electron chi connectivity index (χ3n) is 11.1. The number of nitrogens with zero attached hydrogens (tertiary/aromatic N) is 1. The van der Waals surface area contributed by atoms with Crippen molar-refractivity contribution < 1.29 is 0 Å². The van der Waals surface area contributed by atoms with Gasteiger partial charge in [-0.2, -0.15) is 0 Å². The lowest BCUT2D eigenvalue weighted by Gasteiger charge is -2.32. The Bertz CT molecular complexity index is 2920. The van der Waals surface area contributed by atoms with Crippen LogP contribution in [0.2, 0.25) is 0 Å². The molecule has 0 fully saturated rings. The van der Waals surface area contributed by atoms with Gasteiger partial charge in [0.2, 0.25) is 0 Å². The van der Waals surface area contributed by atoms with Crippen LogP contribution in [0, 0.1) is 0 Å². The molecule has 1 nitrogen and oxygen atoms in total. The minimum atomic E-state index is 1.08. The molecule has 0 amide bonds. The topological polar surface area (TPSA) is 3.24 Å². The first-order chi connectivity index (χ1) is 28.3. The van der Waals surface area contributed by atoms with Crippen molar-refractivity contribution in [3.8, 4) is 55.6 Å². The molecule has 0 heterocycles. The maximum Gasteiger partial charge on any atom is 0.0618 e. The Labute approximate surface area is 334 Å². The molecule has 0 aliphatic heterocycles. The molecular weight excluding hydrogens is 687 g/mol. The summed E-state index contributed by atoms with van der Waals surface area (Å²) in [6.45, 7) is 0. The molecule has 0 unspecified atom stereocenters. The van der Waals surface area contributed by atoms with E-state index < -0.39 is 0 Å². The predicted octanol–water partition coefficient (Wildman–Crippen LogP) is 15.8. The minimum absolute atomic E-state index is 1.08. The largest absolute Gasteiger partial charge is 0.309 e. The van der Waals surface area contributed by atoms with Gasteiger partial charge in [0.15, 0.2) is 0 Å². The highest BCUT2D eigenvalue weighted by Gasteiger charge is 2.26. The summed E-state index contributed by atoms with van der Waals surface area (Å²) in [5.41, 5.74) is 15.1. The second-order valence-corrected chi connectivity index (χ2v) is 14.4. The average Bonchev–Trinajstić information content (AvgIpc) is 3.30. The Kier molecular flexibility index (Phi) is 8.95. The van der Waals surface area contributed by atoms with Crippen LogP contribution in [0.15, 0.2) is 237 Å². The fourth-order valence-corrected chi connectivity index (χ4v) is 8.53. The Morgan fingerprint density at radius 3 is 1.18 bits per heavy atom. The van der Waals surface area contributed by atoms with Crippen LogP contribution in [0.1, 0.15) is 0 Å². The molecule has 0 bridgehead atoms. The van der Waals surface area contributed by atoms with Gasteiger partial charge in [0.1, 0.15) is 0 Å². The number of hydrogen-bond donors (Lipinski definition) is 0. The number of benzene rings is 10. The average molecular weight is 726 g/mol. The smallest absolute Gasteiger partial charge is 0.0618 e. The second kappa shape index (κ2) is 15.0. The molecule has 10 aromatic carbocycles. The highest BCUT2D eigenvalue weighted by atomic mass is 15.1. The first kappa shape index (κ1) is 34.0. The van der Waals surface area contributed by atoms with Crippen LogP contribution in [0.4, 0.5) is 17.1 Å². The molecule has 57 heavy (non-hydrogen) atoms. The van der Waals surface area contributed by atoms with Crippen LogP contribution in [-0.4, -0.2) is 0 Å². The lowest BCUT2D eigenvalue weighted by molar-refractivity contribution is 1.29. The summed E-state index contributed by atoms with van der Waals surface area (Å²) in [6.07, 6.45) is 0. The molecule has 0 aromatic heterocycles. The van der Waals surface area contributed by atoms with Crippen molar-refractivity contribution in [3.05, 3.63) is 237 Å². The molecular formula is C56H39N. The molecule has 268 valence electrons. The Morgan fingerprint density at radius 2 is 0.632 bits per heavy atom. The molecule has 0 atom stereocenters. The molecule has 0 saturated heterocycles. The van der Waals surface area contributed by atoms with Gasteiger partial charge in [-0.15, -0.1) is 0 Å². The lowest BCUT2D eigenvalue weighted by atomic mass is 9.84. The van der Waals surface area contributed by atoms with Crippen LogP contribution in [0.25, 0.3) is 77.2 Å². The van der Waals surface area contributed by atoms with Crippen molar-refractivity contribution >= 4 is 38.6 Å². The summed E-state index contributed by atoms with van der Waals surface area (Å²) in [5, 5.41) is 4.92. The van der Waals surface area contributed by atoms with Crippen molar-refractivity contribution in [1.82, 2.24) is 0 Å². The highest BCUT2D eigenvalue weighted by molar-refractivity contribution is 6.22. The molecule has 0 spiro atoms. The fraction of sp³-hybridized carbons (Fsp3) is 0. The van der Waals surface area contributed by atoms with Crippen LogP contribution >= 0.6 is 0 Å². The Hall–Kier alpha value is -7.48. The number of anilines is 3. The van der Waals surface area contributed by atoms with Gasteiger partial charge in [-0.25, -0.2) is 0 Å². The number of para-hydroxylation sites is 2. The fourth-order valence-electron chi connectivity index (χ4n) is 8.53. The SMILES string of the molecule is c1ccc(-c2ccccc2N(c2ccc3c(c2)c(-c2ccccc2)c(-c2ccccc2)c2ccccc23)c2c(-c3ccccc3)cccc2-c2ccccc2)cc1. The minimum Gasteiger partial charge on any atom is -0.309 e. The van der Waals surface area contributed by atoms with Crippen LogP contribution in [0.5, 0.6) is 0 Å². The summed E-state index contributed by atoms with van der Waals surface area (Å²) >= 11 is 0. The zero-order valence-electron chi connectivity index (χ0n) is 31.5. The van der Waals surface area contributed by atoms with Gasteiger partial charge in [0.05, 0.1) is 11.4 Å². The lowest BCUT2D eigenvalue weighted by Crippen LogP contribution is -2.14. The van der Waals surface area contributed by atoms with Gasteiger partial charge in [-0.3, -0.25) is 0 Å². The normalized spacial score (nSPS) is 11.2. The molecule has 0 radical (unpaired) electrons. The van der Waals surface area contributed by atoms with E-state index in [9.17, 15) is 0 Å². The van der Waals surface area contributed by atoms with Crippen molar-refractivity contribution in [2.24, 2.45) is 0 Å². The van der Waals surface area contributed by atoms with Crippen molar-refractivity contribution in [3.63, 3.8) is 0 Å². The highest BCUT2D eigenvalue weighted by Crippen LogP contribution is 2.51. The van der Waals surface area contributed by atoms with Crippen LogP contribution < -0.4 is 4.90 Å². The van der Waals surface area contributed by atoms with Crippen LogP contribution in [0.3, 0.4) is 0 Å². The molecule has 10 rings (SSSR count). The maximum atomic E-state index is 2.51. The molecule has 0 saturated carbocycles. The maximum absolute atomic E-state index is 2.51. The zero-order chi connectivity index (χ0) is 38.0. The van der Waals surface area contributed by atoms with E-state index in [0.29, 0.717) is 0 Å². The first-order valence-electron chi connectivity index (χ1n) is 19.6. The summed E-state index contributed by atoms with van der Waals surface area (Å²) in [5.74, 6) is 0. The third-order valence-corrected chi connectivity index (χ3v) is 11.1. The van der Waals surface area contributed by atoms with Gasteiger partial charge in [0, 0.05) is 22.4 Å². The van der Waals surface area contributed by atoms with Crippen molar-refractivity contribution in [1.29, 1.82) is 0 Å². The summed E-state index contributed by atoms with van der Waals surface area (Å²) in [6, 6.07) is 85.8. The quantitative estimate of drug-likeness (QED) is 0.141. The standard InChI is InChI=1S/C56H39N/c1-6-21-40(22-7-1)46-31-18-19-36-53(46)57(56-47(41-23-8-2-9-24-41)34-20-35-48(56)42-25-10-3-11-26-42)45-37-38-50-49-32-16-17-33-51(49)54(43-27-12-4-13-28-43)55(52(50)39-45)44-29-14-5-15-30-44/h1-39H. The number of rotatable bonds is 8. The van der Waals surface area contributed by atoms with E-state index in [1.807, 2.05) is 0 Å². The van der Waals surface area contributed by atoms with E-state index >= 15 is 0 Å².